The maximum atomic E-state index is 6.11. The summed E-state index contributed by atoms with van der Waals surface area (Å²) in [5.41, 5.74) is 2.34. The number of nitrogens with one attached hydrogen (secondary N) is 1. The predicted molar refractivity (Wildman–Crippen MR) is 63.4 cm³/mol. The van der Waals surface area contributed by atoms with Gasteiger partial charge in [0.25, 0.3) is 0 Å². The van der Waals surface area contributed by atoms with Crippen molar-refractivity contribution in [3.05, 3.63) is 28.9 Å². The van der Waals surface area contributed by atoms with E-state index < -0.39 is 0 Å². The first-order chi connectivity index (χ1) is 7.24. The average Bonchev–Trinajstić information content (AvgIpc) is 2.53. The van der Waals surface area contributed by atoms with E-state index in [0.717, 1.165) is 23.9 Å². The Hall–Kier alpha value is -1.06. The second kappa shape index (κ2) is 4.21. The number of nitrogens with zero attached hydrogens (tertiary/aromatic N) is 2. The van der Waals surface area contributed by atoms with Crippen molar-refractivity contribution in [2.24, 2.45) is 7.05 Å². The van der Waals surface area contributed by atoms with Crippen molar-refractivity contribution >= 4 is 22.5 Å². The summed E-state index contributed by atoms with van der Waals surface area (Å²) in [6, 6.07) is 6.19. The second-order valence-corrected chi connectivity index (χ2v) is 3.94. The van der Waals surface area contributed by atoms with E-state index >= 15 is 0 Å². The zero-order valence-corrected chi connectivity index (χ0v) is 9.67. The van der Waals surface area contributed by atoms with Crippen molar-refractivity contribution in [2.45, 2.75) is 6.42 Å². The third-order valence-corrected chi connectivity index (χ3v) is 2.83. The third-order valence-electron chi connectivity index (χ3n) is 2.57. The summed E-state index contributed by atoms with van der Waals surface area (Å²) in [4.78, 5) is 0. The molecule has 4 heteroatoms. The van der Waals surface area contributed by atoms with Crippen molar-refractivity contribution in [1.82, 2.24) is 15.1 Å². The molecule has 0 amide bonds. The Morgan fingerprint density at radius 3 is 3.00 bits per heavy atom. The van der Waals surface area contributed by atoms with Crippen LogP contribution in [0.4, 0.5) is 0 Å². The lowest BCUT2D eigenvalue weighted by molar-refractivity contribution is 0.794. The van der Waals surface area contributed by atoms with Gasteiger partial charge in [-0.15, -0.1) is 0 Å². The Morgan fingerprint density at radius 1 is 1.47 bits per heavy atom. The Balaban J connectivity index is 2.54. The van der Waals surface area contributed by atoms with Gasteiger partial charge in [-0.1, -0.05) is 23.7 Å². The molecule has 0 saturated carbocycles. The van der Waals surface area contributed by atoms with Crippen LogP contribution in [-0.2, 0) is 13.5 Å². The van der Waals surface area contributed by atoms with E-state index in [1.165, 1.54) is 5.56 Å². The molecule has 2 aromatic rings. The highest BCUT2D eigenvalue weighted by atomic mass is 35.5. The molecule has 0 atom stereocenters. The largest absolute Gasteiger partial charge is 0.319 e. The molecule has 0 unspecified atom stereocenters. The molecule has 0 aliphatic heterocycles. The van der Waals surface area contributed by atoms with Crippen LogP contribution in [0.3, 0.4) is 0 Å². The van der Waals surface area contributed by atoms with Gasteiger partial charge in [0.2, 0.25) is 0 Å². The van der Waals surface area contributed by atoms with Gasteiger partial charge >= 0.3 is 0 Å². The molecule has 1 aromatic carbocycles. The molecule has 0 radical (unpaired) electrons. The highest BCUT2D eigenvalue weighted by Crippen LogP contribution is 2.26. The zero-order valence-electron chi connectivity index (χ0n) is 8.92. The Morgan fingerprint density at radius 2 is 2.27 bits per heavy atom. The topological polar surface area (TPSA) is 29.9 Å². The van der Waals surface area contributed by atoms with Gasteiger partial charge in [-0.3, -0.25) is 4.68 Å². The van der Waals surface area contributed by atoms with Gasteiger partial charge in [0.1, 0.15) is 0 Å². The van der Waals surface area contributed by atoms with Crippen molar-refractivity contribution in [3.8, 4) is 0 Å². The summed E-state index contributed by atoms with van der Waals surface area (Å²) in [7, 11) is 3.86. The Labute approximate surface area is 94.0 Å². The molecule has 0 bridgehead atoms. The maximum absolute atomic E-state index is 6.11. The minimum Gasteiger partial charge on any atom is -0.319 e. The molecule has 1 aromatic heterocycles. The smallest absolute Gasteiger partial charge is 0.159 e. The molecule has 0 spiro atoms. The van der Waals surface area contributed by atoms with Crippen LogP contribution >= 0.6 is 11.6 Å². The van der Waals surface area contributed by atoms with Crippen LogP contribution in [0, 0.1) is 0 Å². The monoisotopic (exact) mass is 223 g/mol. The highest BCUT2D eigenvalue weighted by molar-refractivity contribution is 6.34. The van der Waals surface area contributed by atoms with Crippen LogP contribution in [0.5, 0.6) is 0 Å². The van der Waals surface area contributed by atoms with Gasteiger partial charge < -0.3 is 5.32 Å². The minimum atomic E-state index is 0.596. The molecule has 15 heavy (non-hydrogen) atoms. The van der Waals surface area contributed by atoms with Gasteiger partial charge in [-0.25, -0.2) is 0 Å². The van der Waals surface area contributed by atoms with Gasteiger partial charge in [0.15, 0.2) is 5.15 Å². The standard InChI is InChI=1S/C11H14ClN3/c1-13-7-6-8-4-3-5-9-10(8)11(12)14-15(9)2/h3-5,13H,6-7H2,1-2H3. The summed E-state index contributed by atoms with van der Waals surface area (Å²) < 4.78 is 1.82. The number of fused-ring (bicyclic) bond motifs is 1. The molecular formula is C11H14ClN3. The number of halogens is 1. The summed E-state index contributed by atoms with van der Waals surface area (Å²) in [6.45, 7) is 0.949. The van der Waals surface area contributed by atoms with E-state index in [4.69, 9.17) is 11.6 Å². The first-order valence-corrected chi connectivity index (χ1v) is 5.36. The van der Waals surface area contributed by atoms with Gasteiger partial charge in [-0.2, -0.15) is 5.10 Å². The number of rotatable bonds is 3. The molecule has 3 nitrogen and oxygen atoms in total. The van der Waals surface area contributed by atoms with E-state index in [9.17, 15) is 0 Å². The van der Waals surface area contributed by atoms with Crippen LogP contribution in [0.2, 0.25) is 5.15 Å². The van der Waals surface area contributed by atoms with Gasteiger partial charge in [0.05, 0.1) is 5.52 Å². The van der Waals surface area contributed by atoms with Crippen LogP contribution in [0.1, 0.15) is 5.56 Å². The fourth-order valence-corrected chi connectivity index (χ4v) is 2.13. The Bertz CT molecular complexity index is 476. The van der Waals surface area contributed by atoms with Gasteiger partial charge in [-0.05, 0) is 31.6 Å². The van der Waals surface area contributed by atoms with Crippen LogP contribution < -0.4 is 5.32 Å². The van der Waals surface area contributed by atoms with E-state index in [2.05, 4.69) is 16.5 Å². The number of hydrogen-bond donors (Lipinski definition) is 1. The number of aromatic nitrogens is 2. The molecule has 0 fully saturated rings. The number of likely N-dealkylation sites (N-methyl/N-ethyl adjacent to an activating group) is 1. The fraction of sp³-hybridized carbons (Fsp3) is 0.364. The van der Waals surface area contributed by atoms with Gasteiger partial charge in [0, 0.05) is 12.4 Å². The lowest BCUT2D eigenvalue weighted by Crippen LogP contribution is -2.10. The zero-order chi connectivity index (χ0) is 10.8. The van der Waals surface area contributed by atoms with E-state index in [0.29, 0.717) is 5.15 Å². The first kappa shape index (κ1) is 10.5. The molecule has 80 valence electrons. The minimum absolute atomic E-state index is 0.596. The average molecular weight is 224 g/mol. The maximum Gasteiger partial charge on any atom is 0.159 e. The van der Waals surface area contributed by atoms with Crippen LogP contribution in [-0.4, -0.2) is 23.4 Å². The first-order valence-electron chi connectivity index (χ1n) is 4.98. The number of hydrogen-bond acceptors (Lipinski definition) is 2. The van der Waals surface area contributed by atoms with E-state index in [1.807, 2.05) is 30.9 Å². The molecule has 1 heterocycles. The molecule has 2 rings (SSSR count). The van der Waals surface area contributed by atoms with Crippen LogP contribution in [0.25, 0.3) is 10.9 Å². The third kappa shape index (κ3) is 1.85. The Kier molecular flexibility index (Phi) is 2.93. The fourth-order valence-electron chi connectivity index (χ4n) is 1.80. The van der Waals surface area contributed by atoms with Crippen molar-refractivity contribution in [1.29, 1.82) is 0 Å². The summed E-state index contributed by atoms with van der Waals surface area (Å²) in [5.74, 6) is 0. The quantitative estimate of drug-likeness (QED) is 0.863. The summed E-state index contributed by atoms with van der Waals surface area (Å²) in [6.07, 6.45) is 0.971. The van der Waals surface area contributed by atoms with Crippen LogP contribution in [0.15, 0.2) is 18.2 Å². The summed E-state index contributed by atoms with van der Waals surface area (Å²) >= 11 is 6.11. The summed E-state index contributed by atoms with van der Waals surface area (Å²) in [5, 5.41) is 9.03. The second-order valence-electron chi connectivity index (χ2n) is 3.58. The predicted octanol–water partition coefficient (Wildman–Crippen LogP) is 1.99. The molecule has 0 saturated heterocycles. The number of benzene rings is 1. The van der Waals surface area contributed by atoms with Crippen molar-refractivity contribution < 1.29 is 0 Å². The molecule has 1 N–H and O–H groups in total. The lowest BCUT2D eigenvalue weighted by atomic mass is 10.1. The SMILES string of the molecule is CNCCc1cccc2c1c(Cl)nn2C. The molecule has 0 aliphatic rings. The molecule has 0 aliphatic carbocycles. The van der Waals surface area contributed by atoms with Crippen molar-refractivity contribution in [2.75, 3.05) is 13.6 Å². The van der Waals surface area contributed by atoms with E-state index in [-0.39, 0.29) is 0 Å². The lowest BCUT2D eigenvalue weighted by Gasteiger charge is -2.02. The highest BCUT2D eigenvalue weighted by Gasteiger charge is 2.09. The molecular weight excluding hydrogens is 210 g/mol. The number of aryl methyl sites for hydroxylation is 1. The normalized spacial score (nSPS) is 11.1. The van der Waals surface area contributed by atoms with E-state index in [1.54, 1.807) is 0 Å². The van der Waals surface area contributed by atoms with Crippen molar-refractivity contribution in [3.63, 3.8) is 0 Å².